The van der Waals surface area contributed by atoms with Crippen LogP contribution in [0.25, 0.3) is 11.0 Å². The minimum atomic E-state index is -0.380. The number of nitrogens with two attached hydrogens (primary N) is 1. The third-order valence-electron chi connectivity index (χ3n) is 4.69. The summed E-state index contributed by atoms with van der Waals surface area (Å²) in [6, 6.07) is 7.23. The van der Waals surface area contributed by atoms with E-state index in [-0.39, 0.29) is 30.2 Å². The van der Waals surface area contributed by atoms with E-state index in [9.17, 15) is 9.59 Å². The monoisotopic (exact) mass is 344 g/mol. The van der Waals surface area contributed by atoms with E-state index in [0.717, 1.165) is 43.1 Å². The van der Waals surface area contributed by atoms with E-state index in [2.05, 4.69) is 5.32 Å². The first kappa shape index (κ1) is 17.5. The van der Waals surface area contributed by atoms with E-state index >= 15 is 0 Å². The van der Waals surface area contributed by atoms with E-state index in [4.69, 9.17) is 14.9 Å². The van der Waals surface area contributed by atoms with Crippen molar-refractivity contribution in [2.24, 2.45) is 5.73 Å². The summed E-state index contributed by atoms with van der Waals surface area (Å²) >= 11 is 0. The molecule has 6 nitrogen and oxygen atoms in total. The van der Waals surface area contributed by atoms with Gasteiger partial charge < -0.3 is 20.2 Å². The van der Waals surface area contributed by atoms with Gasteiger partial charge in [0.1, 0.15) is 11.3 Å². The first-order chi connectivity index (χ1) is 12.0. The van der Waals surface area contributed by atoms with Crippen LogP contribution >= 0.6 is 0 Å². The van der Waals surface area contributed by atoms with Crippen molar-refractivity contribution >= 4 is 16.9 Å². The van der Waals surface area contributed by atoms with Crippen LogP contribution in [0.1, 0.15) is 38.2 Å². The van der Waals surface area contributed by atoms with Gasteiger partial charge in [-0.05, 0) is 49.8 Å². The Morgan fingerprint density at radius 3 is 2.76 bits per heavy atom. The predicted molar refractivity (Wildman–Crippen MR) is 95.7 cm³/mol. The van der Waals surface area contributed by atoms with Gasteiger partial charge in [-0.1, -0.05) is 6.92 Å². The second kappa shape index (κ2) is 7.70. The number of ether oxygens (including phenoxy) is 1. The van der Waals surface area contributed by atoms with Crippen LogP contribution in [0.15, 0.2) is 33.5 Å². The van der Waals surface area contributed by atoms with Crippen molar-refractivity contribution in [1.29, 1.82) is 0 Å². The van der Waals surface area contributed by atoms with Crippen LogP contribution in [-0.2, 0) is 11.2 Å². The van der Waals surface area contributed by atoms with E-state index in [0.29, 0.717) is 11.3 Å². The molecule has 6 heteroatoms. The zero-order valence-corrected chi connectivity index (χ0v) is 14.4. The van der Waals surface area contributed by atoms with E-state index in [1.165, 1.54) is 6.07 Å². The SMILES string of the molecule is CCc1cc(=O)oc2cc(OCC(=O)NC3CCC(N)CC3)ccc12. The molecule has 1 fully saturated rings. The van der Waals surface area contributed by atoms with Crippen LogP contribution in [0.5, 0.6) is 5.75 Å². The topological polar surface area (TPSA) is 94.6 Å². The molecule has 2 aromatic rings. The average molecular weight is 344 g/mol. The summed E-state index contributed by atoms with van der Waals surface area (Å²) < 4.78 is 10.8. The fraction of sp³-hybridized carbons (Fsp3) is 0.474. The van der Waals surface area contributed by atoms with E-state index in [1.807, 2.05) is 13.0 Å². The molecule has 25 heavy (non-hydrogen) atoms. The molecule has 1 heterocycles. The van der Waals surface area contributed by atoms with Crippen LogP contribution < -0.4 is 21.4 Å². The minimum absolute atomic E-state index is 0.0637. The largest absolute Gasteiger partial charge is 0.484 e. The van der Waals surface area contributed by atoms with E-state index < -0.39 is 0 Å². The van der Waals surface area contributed by atoms with Crippen molar-refractivity contribution in [2.45, 2.75) is 51.1 Å². The zero-order chi connectivity index (χ0) is 17.8. The Bertz CT molecular complexity index is 807. The van der Waals surface area contributed by atoms with Gasteiger partial charge in [-0.25, -0.2) is 4.79 Å². The van der Waals surface area contributed by atoms with Crippen molar-refractivity contribution < 1.29 is 13.9 Å². The highest BCUT2D eigenvalue weighted by molar-refractivity contribution is 5.82. The van der Waals surface area contributed by atoms with Crippen LogP contribution in [0.4, 0.5) is 0 Å². The van der Waals surface area contributed by atoms with Crippen LogP contribution in [0.2, 0.25) is 0 Å². The summed E-state index contributed by atoms with van der Waals surface area (Å²) in [4.78, 5) is 23.6. The minimum Gasteiger partial charge on any atom is -0.484 e. The number of aryl methyl sites for hydroxylation is 1. The Morgan fingerprint density at radius 1 is 1.28 bits per heavy atom. The van der Waals surface area contributed by atoms with Crippen molar-refractivity contribution in [3.8, 4) is 5.75 Å². The lowest BCUT2D eigenvalue weighted by Crippen LogP contribution is -2.42. The second-order valence-electron chi connectivity index (χ2n) is 6.57. The average Bonchev–Trinajstić information content (AvgIpc) is 2.60. The van der Waals surface area contributed by atoms with Gasteiger partial charge in [-0.2, -0.15) is 0 Å². The lowest BCUT2D eigenvalue weighted by molar-refractivity contribution is -0.124. The molecule has 3 rings (SSSR count). The number of benzene rings is 1. The van der Waals surface area contributed by atoms with Gasteiger partial charge >= 0.3 is 5.63 Å². The number of hydrogen-bond donors (Lipinski definition) is 2. The fourth-order valence-corrected chi connectivity index (χ4v) is 3.27. The molecule has 1 saturated carbocycles. The zero-order valence-electron chi connectivity index (χ0n) is 14.4. The highest BCUT2D eigenvalue weighted by Crippen LogP contribution is 2.23. The smallest absolute Gasteiger partial charge is 0.336 e. The summed E-state index contributed by atoms with van der Waals surface area (Å²) in [6.45, 7) is 1.92. The van der Waals surface area contributed by atoms with Crippen molar-refractivity contribution in [2.75, 3.05) is 6.61 Å². The summed E-state index contributed by atoms with van der Waals surface area (Å²) in [5.41, 5.74) is 6.90. The molecule has 1 aromatic heterocycles. The molecule has 0 spiro atoms. The van der Waals surface area contributed by atoms with Crippen LogP contribution in [0.3, 0.4) is 0 Å². The van der Waals surface area contributed by atoms with E-state index in [1.54, 1.807) is 12.1 Å². The first-order valence-corrected chi connectivity index (χ1v) is 8.79. The summed E-state index contributed by atoms with van der Waals surface area (Å²) in [6.07, 6.45) is 4.45. The molecule has 1 amide bonds. The Morgan fingerprint density at radius 2 is 2.04 bits per heavy atom. The number of carbonyl (C=O) groups is 1. The summed E-state index contributed by atoms with van der Waals surface area (Å²) in [7, 11) is 0. The van der Waals surface area contributed by atoms with Crippen molar-refractivity contribution in [3.05, 3.63) is 40.2 Å². The number of carbonyl (C=O) groups excluding carboxylic acids is 1. The van der Waals surface area contributed by atoms with Gasteiger partial charge in [-0.15, -0.1) is 0 Å². The van der Waals surface area contributed by atoms with Gasteiger partial charge in [0, 0.05) is 29.6 Å². The lowest BCUT2D eigenvalue weighted by atomic mass is 9.92. The van der Waals surface area contributed by atoms with Gasteiger partial charge in [0.2, 0.25) is 0 Å². The first-order valence-electron chi connectivity index (χ1n) is 8.79. The Kier molecular flexibility index (Phi) is 5.38. The lowest BCUT2D eigenvalue weighted by Gasteiger charge is -2.26. The number of hydrogen-bond acceptors (Lipinski definition) is 5. The molecule has 1 aromatic carbocycles. The van der Waals surface area contributed by atoms with Gasteiger partial charge in [0.05, 0.1) is 0 Å². The molecule has 0 radical (unpaired) electrons. The molecule has 0 saturated heterocycles. The highest BCUT2D eigenvalue weighted by atomic mass is 16.5. The quantitative estimate of drug-likeness (QED) is 0.810. The molecule has 0 atom stereocenters. The molecule has 0 unspecified atom stereocenters. The second-order valence-corrected chi connectivity index (χ2v) is 6.57. The molecule has 134 valence electrons. The maximum atomic E-state index is 12.0. The normalized spacial score (nSPS) is 20.4. The van der Waals surface area contributed by atoms with Crippen molar-refractivity contribution in [1.82, 2.24) is 5.32 Å². The Balaban J connectivity index is 1.61. The molecular formula is C19H24N2O4. The molecule has 0 aliphatic heterocycles. The molecule has 1 aliphatic rings. The summed E-state index contributed by atoms with van der Waals surface area (Å²) in [5.74, 6) is 0.356. The van der Waals surface area contributed by atoms with Gasteiger partial charge in [0.25, 0.3) is 5.91 Å². The standard InChI is InChI=1S/C19H24N2O4/c1-2-12-9-19(23)25-17-10-15(7-8-16(12)17)24-11-18(22)21-14-5-3-13(20)4-6-14/h7-10,13-14H,2-6,11,20H2,1H3,(H,21,22). The molecule has 0 bridgehead atoms. The Labute approximate surface area is 146 Å². The maximum absolute atomic E-state index is 12.0. The third kappa shape index (κ3) is 4.39. The highest BCUT2D eigenvalue weighted by Gasteiger charge is 2.20. The number of nitrogens with one attached hydrogen (secondary N) is 1. The van der Waals surface area contributed by atoms with Crippen molar-refractivity contribution in [3.63, 3.8) is 0 Å². The maximum Gasteiger partial charge on any atom is 0.336 e. The molecule has 1 aliphatic carbocycles. The molecular weight excluding hydrogens is 320 g/mol. The third-order valence-corrected chi connectivity index (χ3v) is 4.69. The Hall–Kier alpha value is -2.34. The fourth-order valence-electron chi connectivity index (χ4n) is 3.27. The van der Waals surface area contributed by atoms with Crippen LogP contribution in [0, 0.1) is 0 Å². The molecule has 3 N–H and O–H groups in total. The van der Waals surface area contributed by atoms with Crippen LogP contribution in [-0.4, -0.2) is 24.6 Å². The predicted octanol–water partition coefficient (Wildman–Crippen LogP) is 2.12. The number of fused-ring (bicyclic) bond motifs is 1. The van der Waals surface area contributed by atoms with Gasteiger partial charge in [0.15, 0.2) is 6.61 Å². The summed E-state index contributed by atoms with van der Waals surface area (Å²) in [5, 5.41) is 3.87. The number of rotatable bonds is 5. The number of amides is 1. The van der Waals surface area contributed by atoms with Gasteiger partial charge in [-0.3, -0.25) is 4.79 Å².